The van der Waals surface area contributed by atoms with E-state index in [0.717, 1.165) is 12.8 Å². The monoisotopic (exact) mass is 306 g/mol. The molecule has 112 valence electrons. The van der Waals surface area contributed by atoms with Gasteiger partial charge in [-0.3, -0.25) is 4.79 Å². The van der Waals surface area contributed by atoms with Crippen LogP contribution in [-0.4, -0.2) is 47.7 Å². The summed E-state index contributed by atoms with van der Waals surface area (Å²) in [5.74, 6) is 0.708. The Morgan fingerprint density at radius 1 is 1.48 bits per heavy atom. The maximum absolute atomic E-state index is 12.3. The lowest BCUT2D eigenvalue weighted by atomic mass is 10.2. The smallest absolute Gasteiger partial charge is 0.245 e. The summed E-state index contributed by atoms with van der Waals surface area (Å²) in [7, 11) is 0. The zero-order valence-corrected chi connectivity index (χ0v) is 12.4. The molecule has 1 amide bonds. The number of pyridine rings is 1. The fraction of sp³-hybridized carbons (Fsp3) is 0.500. The first-order chi connectivity index (χ1) is 10.1. The van der Waals surface area contributed by atoms with Crippen LogP contribution in [-0.2, 0) is 9.53 Å². The number of hydrogen-bond acceptors (Lipinski definition) is 5. The molecule has 0 spiro atoms. The number of nitrogens with two attached hydrogens (primary N) is 1. The SMILES string of the molecule is NC(=S)c1cccc(N2CCOCC2C(=O)NC2CC2)n1. The lowest BCUT2D eigenvalue weighted by Crippen LogP contribution is -2.54. The van der Waals surface area contributed by atoms with Gasteiger partial charge in [-0.25, -0.2) is 4.98 Å². The lowest BCUT2D eigenvalue weighted by molar-refractivity contribution is -0.124. The second-order valence-corrected chi connectivity index (χ2v) is 5.75. The summed E-state index contributed by atoms with van der Waals surface area (Å²) >= 11 is 4.96. The molecule has 0 bridgehead atoms. The molecule has 2 aliphatic rings. The van der Waals surface area contributed by atoms with Crippen molar-refractivity contribution in [2.24, 2.45) is 5.73 Å². The predicted molar refractivity (Wildman–Crippen MR) is 83.2 cm³/mol. The van der Waals surface area contributed by atoms with Crippen molar-refractivity contribution in [1.82, 2.24) is 10.3 Å². The Balaban J connectivity index is 1.81. The van der Waals surface area contributed by atoms with Crippen molar-refractivity contribution in [1.29, 1.82) is 0 Å². The Labute approximate surface area is 128 Å². The van der Waals surface area contributed by atoms with Crippen LogP contribution in [0.15, 0.2) is 18.2 Å². The van der Waals surface area contributed by atoms with E-state index in [2.05, 4.69) is 10.3 Å². The first kappa shape index (κ1) is 14.2. The van der Waals surface area contributed by atoms with Gasteiger partial charge in [0.2, 0.25) is 5.91 Å². The Bertz CT molecular complexity index is 562. The van der Waals surface area contributed by atoms with E-state index < -0.39 is 0 Å². The zero-order chi connectivity index (χ0) is 14.8. The molecule has 1 saturated heterocycles. The number of morpholine rings is 1. The number of carbonyl (C=O) groups excluding carboxylic acids is 1. The fourth-order valence-electron chi connectivity index (χ4n) is 2.34. The molecule has 0 radical (unpaired) electrons. The maximum Gasteiger partial charge on any atom is 0.245 e. The molecule has 7 heteroatoms. The highest BCUT2D eigenvalue weighted by Gasteiger charge is 2.33. The van der Waals surface area contributed by atoms with Crippen molar-refractivity contribution in [3.05, 3.63) is 23.9 Å². The Morgan fingerprint density at radius 3 is 3.00 bits per heavy atom. The number of nitrogens with zero attached hydrogens (tertiary/aromatic N) is 2. The summed E-state index contributed by atoms with van der Waals surface area (Å²) in [6, 6.07) is 5.46. The molecule has 1 aliphatic carbocycles. The summed E-state index contributed by atoms with van der Waals surface area (Å²) in [5.41, 5.74) is 6.19. The first-order valence-electron chi connectivity index (χ1n) is 7.07. The van der Waals surface area contributed by atoms with Gasteiger partial charge in [-0.1, -0.05) is 18.3 Å². The van der Waals surface area contributed by atoms with Gasteiger partial charge in [0.15, 0.2) is 0 Å². The summed E-state index contributed by atoms with van der Waals surface area (Å²) in [4.78, 5) is 19.0. The Hall–Kier alpha value is -1.73. The summed E-state index contributed by atoms with van der Waals surface area (Å²) in [6.45, 7) is 1.57. The van der Waals surface area contributed by atoms with Crippen LogP contribution < -0.4 is 16.0 Å². The molecule has 1 saturated carbocycles. The third-order valence-corrected chi connectivity index (χ3v) is 3.85. The van der Waals surface area contributed by atoms with E-state index in [1.54, 1.807) is 6.07 Å². The fourth-order valence-corrected chi connectivity index (χ4v) is 2.45. The average Bonchev–Trinajstić information content (AvgIpc) is 3.31. The summed E-state index contributed by atoms with van der Waals surface area (Å²) in [6.07, 6.45) is 2.13. The van der Waals surface area contributed by atoms with E-state index in [4.69, 9.17) is 22.7 Å². The van der Waals surface area contributed by atoms with E-state index in [9.17, 15) is 4.79 Å². The van der Waals surface area contributed by atoms with Gasteiger partial charge in [-0.15, -0.1) is 0 Å². The van der Waals surface area contributed by atoms with Crippen LogP contribution in [0.5, 0.6) is 0 Å². The van der Waals surface area contributed by atoms with Gasteiger partial charge in [0, 0.05) is 12.6 Å². The van der Waals surface area contributed by atoms with Gasteiger partial charge < -0.3 is 20.7 Å². The normalized spacial score (nSPS) is 21.9. The molecule has 1 atom stereocenters. The van der Waals surface area contributed by atoms with E-state index in [0.29, 0.717) is 37.3 Å². The van der Waals surface area contributed by atoms with Gasteiger partial charge in [-0.2, -0.15) is 0 Å². The van der Waals surface area contributed by atoms with E-state index in [1.807, 2.05) is 17.0 Å². The number of carbonyl (C=O) groups is 1. The number of amides is 1. The number of thiocarbonyl (C=S) groups is 1. The van der Waals surface area contributed by atoms with Gasteiger partial charge in [0.25, 0.3) is 0 Å². The minimum atomic E-state index is -0.353. The second-order valence-electron chi connectivity index (χ2n) is 5.31. The highest BCUT2D eigenvalue weighted by atomic mass is 32.1. The van der Waals surface area contributed by atoms with Crippen molar-refractivity contribution in [2.75, 3.05) is 24.7 Å². The van der Waals surface area contributed by atoms with Crippen LogP contribution in [0.1, 0.15) is 18.5 Å². The molecule has 1 unspecified atom stereocenters. The molecule has 3 rings (SSSR count). The number of aromatic nitrogens is 1. The van der Waals surface area contributed by atoms with Gasteiger partial charge in [0.05, 0.1) is 18.9 Å². The van der Waals surface area contributed by atoms with Gasteiger partial charge >= 0.3 is 0 Å². The van der Waals surface area contributed by atoms with Crippen molar-refractivity contribution >= 4 is 28.9 Å². The van der Waals surface area contributed by atoms with Gasteiger partial charge in [0.1, 0.15) is 16.8 Å². The van der Waals surface area contributed by atoms with Crippen LogP contribution in [0.25, 0.3) is 0 Å². The average molecular weight is 306 g/mol. The Morgan fingerprint density at radius 2 is 2.29 bits per heavy atom. The van der Waals surface area contributed by atoms with E-state index in [-0.39, 0.29) is 16.9 Å². The molecular weight excluding hydrogens is 288 g/mol. The number of nitrogens with one attached hydrogen (secondary N) is 1. The highest BCUT2D eigenvalue weighted by Crippen LogP contribution is 2.22. The number of ether oxygens (including phenoxy) is 1. The molecule has 2 heterocycles. The first-order valence-corrected chi connectivity index (χ1v) is 7.47. The molecule has 0 aromatic carbocycles. The van der Waals surface area contributed by atoms with Crippen LogP contribution in [0, 0.1) is 0 Å². The molecule has 1 aromatic heterocycles. The van der Waals surface area contributed by atoms with Crippen LogP contribution in [0.2, 0.25) is 0 Å². The van der Waals surface area contributed by atoms with Crippen molar-refractivity contribution in [3.63, 3.8) is 0 Å². The molecule has 2 fully saturated rings. The predicted octanol–water partition coefficient (Wildman–Crippen LogP) is 0.200. The largest absolute Gasteiger partial charge is 0.388 e. The summed E-state index contributed by atoms with van der Waals surface area (Å²) < 4.78 is 5.45. The minimum absolute atomic E-state index is 0.000252. The number of anilines is 1. The third-order valence-electron chi connectivity index (χ3n) is 3.64. The molecule has 21 heavy (non-hydrogen) atoms. The quantitative estimate of drug-likeness (QED) is 0.774. The molecule has 3 N–H and O–H groups in total. The van der Waals surface area contributed by atoms with E-state index in [1.165, 1.54) is 0 Å². The van der Waals surface area contributed by atoms with Crippen molar-refractivity contribution in [2.45, 2.75) is 24.9 Å². The van der Waals surface area contributed by atoms with Crippen LogP contribution in [0.3, 0.4) is 0 Å². The van der Waals surface area contributed by atoms with Gasteiger partial charge in [-0.05, 0) is 25.0 Å². The molecule has 6 nitrogen and oxygen atoms in total. The van der Waals surface area contributed by atoms with Crippen LogP contribution in [0.4, 0.5) is 5.82 Å². The zero-order valence-electron chi connectivity index (χ0n) is 11.6. The van der Waals surface area contributed by atoms with Crippen LogP contribution >= 0.6 is 12.2 Å². The molecular formula is C14H18N4O2S. The topological polar surface area (TPSA) is 80.5 Å². The van der Waals surface area contributed by atoms with Crippen molar-refractivity contribution < 1.29 is 9.53 Å². The molecule has 1 aromatic rings. The van der Waals surface area contributed by atoms with Crippen molar-refractivity contribution in [3.8, 4) is 0 Å². The maximum atomic E-state index is 12.3. The molecule has 1 aliphatic heterocycles. The summed E-state index contributed by atoms with van der Waals surface area (Å²) in [5, 5.41) is 3.02. The third kappa shape index (κ3) is 3.30. The highest BCUT2D eigenvalue weighted by molar-refractivity contribution is 7.80. The standard InChI is InChI=1S/C14H18N4O2S/c15-13(21)10-2-1-3-12(17-10)18-6-7-20-8-11(18)14(19)16-9-4-5-9/h1-3,9,11H,4-8H2,(H2,15,21)(H,16,19). The Kier molecular flexibility index (Phi) is 4.03. The number of hydrogen-bond donors (Lipinski definition) is 2. The minimum Gasteiger partial charge on any atom is -0.388 e. The second kappa shape index (κ2) is 5.95. The van der Waals surface area contributed by atoms with E-state index >= 15 is 0 Å². The number of rotatable bonds is 4. The lowest BCUT2D eigenvalue weighted by Gasteiger charge is -2.35.